The summed E-state index contributed by atoms with van der Waals surface area (Å²) in [4.78, 5) is 6.78. The van der Waals surface area contributed by atoms with E-state index in [0.717, 1.165) is 18.1 Å². The molecule has 2 nitrogen and oxygen atoms in total. The Labute approximate surface area is 102 Å². The van der Waals surface area contributed by atoms with Crippen LogP contribution in [0, 0.1) is 0 Å². The van der Waals surface area contributed by atoms with Crippen LogP contribution in [0.1, 0.15) is 11.3 Å². The lowest BCUT2D eigenvalue weighted by Gasteiger charge is -1.98. The van der Waals surface area contributed by atoms with Crippen molar-refractivity contribution in [2.75, 3.05) is 13.2 Å². The van der Waals surface area contributed by atoms with E-state index in [4.69, 9.17) is 0 Å². The van der Waals surface area contributed by atoms with Gasteiger partial charge in [-0.1, -0.05) is 6.07 Å². The molecule has 0 saturated heterocycles. The maximum absolute atomic E-state index is 11.9. The van der Waals surface area contributed by atoms with Crippen molar-refractivity contribution in [1.29, 1.82) is 0 Å². The predicted molar refractivity (Wildman–Crippen MR) is 67.7 cm³/mol. The lowest BCUT2D eigenvalue weighted by Crippen LogP contribution is -2.14. The summed E-state index contributed by atoms with van der Waals surface area (Å²) in [7, 11) is 0. The molecule has 0 aliphatic heterocycles. The molecule has 16 heavy (non-hydrogen) atoms. The number of thiazole rings is 1. The third-order valence-corrected chi connectivity index (χ3v) is 4.11. The highest BCUT2D eigenvalue weighted by Crippen LogP contribution is 2.28. The number of nitrogens with one attached hydrogen (secondary N) is 1. The fourth-order valence-corrected chi connectivity index (χ4v) is 2.99. The summed E-state index contributed by atoms with van der Waals surface area (Å²) in [5.74, 6) is 0. The van der Waals surface area contributed by atoms with Crippen molar-refractivity contribution >= 4 is 22.7 Å². The third-order valence-electron chi connectivity index (χ3n) is 2.07. The zero-order valence-electron chi connectivity index (χ0n) is 8.78. The van der Waals surface area contributed by atoms with E-state index in [0.29, 0.717) is 6.42 Å². The Kier molecular flexibility index (Phi) is 4.44. The Balaban J connectivity index is 1.88. The van der Waals surface area contributed by atoms with Crippen LogP contribution in [0.4, 0.5) is 4.39 Å². The van der Waals surface area contributed by atoms with Gasteiger partial charge in [-0.05, 0) is 24.4 Å². The van der Waals surface area contributed by atoms with Gasteiger partial charge in [-0.25, -0.2) is 4.98 Å². The second-order valence-electron chi connectivity index (χ2n) is 3.33. The van der Waals surface area contributed by atoms with E-state index in [2.05, 4.69) is 21.7 Å². The van der Waals surface area contributed by atoms with Crippen molar-refractivity contribution in [2.24, 2.45) is 0 Å². The topological polar surface area (TPSA) is 24.9 Å². The van der Waals surface area contributed by atoms with Crippen LogP contribution in [0.25, 0.3) is 9.88 Å². The minimum absolute atomic E-state index is 0.254. The average Bonchev–Trinajstić information content (AvgIpc) is 2.94. The van der Waals surface area contributed by atoms with Crippen molar-refractivity contribution < 1.29 is 4.39 Å². The van der Waals surface area contributed by atoms with Crippen LogP contribution < -0.4 is 5.32 Å². The van der Waals surface area contributed by atoms with Crippen molar-refractivity contribution in [3.05, 3.63) is 28.6 Å². The Morgan fingerprint density at radius 1 is 1.44 bits per heavy atom. The summed E-state index contributed by atoms with van der Waals surface area (Å²) in [6.07, 6.45) is 2.47. The number of aromatic nitrogens is 1. The van der Waals surface area contributed by atoms with Gasteiger partial charge in [0.1, 0.15) is 5.01 Å². The maximum atomic E-state index is 11.9. The summed E-state index contributed by atoms with van der Waals surface area (Å²) in [6.45, 7) is 1.25. The lowest BCUT2D eigenvalue weighted by molar-refractivity contribution is 0.459. The van der Waals surface area contributed by atoms with Gasteiger partial charge in [0.15, 0.2) is 0 Å². The highest BCUT2D eigenvalue weighted by atomic mass is 32.1. The number of nitrogens with zero attached hydrogens (tertiary/aromatic N) is 1. The van der Waals surface area contributed by atoms with E-state index in [9.17, 15) is 4.39 Å². The van der Waals surface area contributed by atoms with Crippen LogP contribution in [-0.2, 0) is 6.54 Å². The fourth-order valence-electron chi connectivity index (χ4n) is 1.31. The lowest BCUT2D eigenvalue weighted by atomic mass is 10.4. The SMILES string of the molecule is FCCCNCc1cnc(-c2cccs2)s1. The second-order valence-corrected chi connectivity index (χ2v) is 5.39. The van der Waals surface area contributed by atoms with E-state index in [1.807, 2.05) is 12.3 Å². The summed E-state index contributed by atoms with van der Waals surface area (Å²) in [5.41, 5.74) is 0. The summed E-state index contributed by atoms with van der Waals surface area (Å²) >= 11 is 3.39. The molecule has 2 rings (SSSR count). The van der Waals surface area contributed by atoms with Gasteiger partial charge in [0.05, 0.1) is 11.6 Å². The van der Waals surface area contributed by atoms with E-state index in [1.165, 1.54) is 9.75 Å². The van der Waals surface area contributed by atoms with Gasteiger partial charge < -0.3 is 5.32 Å². The molecule has 0 fully saturated rings. The molecule has 2 aromatic heterocycles. The van der Waals surface area contributed by atoms with Gasteiger partial charge in [0.2, 0.25) is 0 Å². The molecule has 0 spiro atoms. The molecule has 0 bridgehead atoms. The first-order chi connectivity index (χ1) is 7.90. The third kappa shape index (κ3) is 3.10. The van der Waals surface area contributed by atoms with Crippen LogP contribution in [0.15, 0.2) is 23.7 Å². The molecule has 86 valence electrons. The zero-order valence-corrected chi connectivity index (χ0v) is 10.4. The molecule has 0 unspecified atom stereocenters. The standard InChI is InChI=1S/C11H13FN2S2/c12-4-2-5-13-7-9-8-14-11(16-9)10-3-1-6-15-10/h1,3,6,8,13H,2,4-5,7H2. The molecule has 0 atom stereocenters. The summed E-state index contributed by atoms with van der Waals surface area (Å²) < 4.78 is 11.9. The highest BCUT2D eigenvalue weighted by molar-refractivity contribution is 7.20. The molecule has 0 amide bonds. The molecule has 5 heteroatoms. The quantitative estimate of drug-likeness (QED) is 0.802. The van der Waals surface area contributed by atoms with Gasteiger partial charge in [0.25, 0.3) is 0 Å². The normalized spacial score (nSPS) is 10.8. The zero-order chi connectivity index (χ0) is 11.2. The summed E-state index contributed by atoms with van der Waals surface area (Å²) in [5, 5.41) is 6.31. The average molecular weight is 256 g/mol. The van der Waals surface area contributed by atoms with E-state index in [-0.39, 0.29) is 6.67 Å². The van der Waals surface area contributed by atoms with Crippen LogP contribution in [0.2, 0.25) is 0 Å². The first kappa shape index (κ1) is 11.7. The van der Waals surface area contributed by atoms with E-state index < -0.39 is 0 Å². The Bertz CT molecular complexity index is 411. The fraction of sp³-hybridized carbons (Fsp3) is 0.364. The molecule has 2 aromatic rings. The number of hydrogen-bond acceptors (Lipinski definition) is 4. The van der Waals surface area contributed by atoms with Gasteiger partial charge in [-0.3, -0.25) is 4.39 Å². The predicted octanol–water partition coefficient (Wildman–Crippen LogP) is 3.32. The van der Waals surface area contributed by atoms with E-state index in [1.54, 1.807) is 22.7 Å². The monoisotopic (exact) mass is 256 g/mol. The molecule has 2 heterocycles. The number of alkyl halides is 1. The molecule has 0 aliphatic carbocycles. The number of hydrogen-bond donors (Lipinski definition) is 1. The minimum Gasteiger partial charge on any atom is -0.312 e. The van der Waals surface area contributed by atoms with Crippen molar-refractivity contribution in [2.45, 2.75) is 13.0 Å². The van der Waals surface area contributed by atoms with Gasteiger partial charge in [0, 0.05) is 17.6 Å². The molecule has 0 saturated carbocycles. The molecule has 1 N–H and O–H groups in total. The highest BCUT2D eigenvalue weighted by Gasteiger charge is 2.04. The van der Waals surface area contributed by atoms with E-state index >= 15 is 0 Å². The van der Waals surface area contributed by atoms with Crippen LogP contribution in [-0.4, -0.2) is 18.2 Å². The van der Waals surface area contributed by atoms with Crippen LogP contribution >= 0.6 is 22.7 Å². The summed E-state index contributed by atoms with van der Waals surface area (Å²) in [6, 6.07) is 4.10. The first-order valence-corrected chi connectivity index (χ1v) is 6.85. The van der Waals surface area contributed by atoms with Crippen LogP contribution in [0.3, 0.4) is 0 Å². The molecule has 0 aliphatic rings. The molecular weight excluding hydrogens is 243 g/mol. The Morgan fingerprint density at radius 3 is 3.12 bits per heavy atom. The second kappa shape index (κ2) is 6.08. The minimum atomic E-state index is -0.254. The largest absolute Gasteiger partial charge is 0.312 e. The van der Waals surface area contributed by atoms with Crippen molar-refractivity contribution in [3.63, 3.8) is 0 Å². The molecular formula is C11H13FN2S2. The van der Waals surface area contributed by atoms with Crippen molar-refractivity contribution in [1.82, 2.24) is 10.3 Å². The number of rotatable bonds is 6. The Morgan fingerprint density at radius 2 is 2.38 bits per heavy atom. The Hall–Kier alpha value is -0.780. The smallest absolute Gasteiger partial charge is 0.133 e. The van der Waals surface area contributed by atoms with Gasteiger partial charge in [-0.15, -0.1) is 22.7 Å². The van der Waals surface area contributed by atoms with Crippen molar-refractivity contribution in [3.8, 4) is 9.88 Å². The molecule has 0 aromatic carbocycles. The van der Waals surface area contributed by atoms with Gasteiger partial charge >= 0.3 is 0 Å². The maximum Gasteiger partial charge on any atom is 0.133 e. The van der Waals surface area contributed by atoms with Gasteiger partial charge in [-0.2, -0.15) is 0 Å². The number of halogens is 1. The van der Waals surface area contributed by atoms with Crippen LogP contribution in [0.5, 0.6) is 0 Å². The number of thiophene rings is 1. The first-order valence-electron chi connectivity index (χ1n) is 5.15. The molecule has 0 radical (unpaired) electrons.